The van der Waals surface area contributed by atoms with Gasteiger partial charge >= 0.3 is 0 Å². The van der Waals surface area contributed by atoms with Crippen molar-refractivity contribution < 1.29 is 9.59 Å². The number of nitrogens with one attached hydrogen (secondary N) is 1. The summed E-state index contributed by atoms with van der Waals surface area (Å²) in [6.45, 7) is 1.85. The van der Waals surface area contributed by atoms with Crippen molar-refractivity contribution in [2.45, 2.75) is 13.3 Å². The fourth-order valence-corrected chi connectivity index (χ4v) is 1.54. The van der Waals surface area contributed by atoms with Crippen molar-refractivity contribution in [3.8, 4) is 0 Å². The molecule has 1 aliphatic carbocycles. The van der Waals surface area contributed by atoms with Gasteiger partial charge in [0.15, 0.2) is 5.78 Å². The summed E-state index contributed by atoms with van der Waals surface area (Å²) in [4.78, 5) is 22.1. The van der Waals surface area contributed by atoms with Gasteiger partial charge in [0.05, 0.1) is 12.3 Å². The van der Waals surface area contributed by atoms with E-state index in [0.29, 0.717) is 6.42 Å². The van der Waals surface area contributed by atoms with E-state index >= 15 is 0 Å². The maximum atomic E-state index is 11.1. The summed E-state index contributed by atoms with van der Waals surface area (Å²) in [6, 6.07) is 0. The Balaban J connectivity index is 2.36. The molecule has 0 radical (unpaired) electrons. The molecule has 0 aromatic rings. The molecule has 0 fully saturated rings. The van der Waals surface area contributed by atoms with Crippen LogP contribution in [0.5, 0.6) is 0 Å². The van der Waals surface area contributed by atoms with Gasteiger partial charge in [0, 0.05) is 5.70 Å². The number of allylic oxidation sites excluding steroid dienone is 3. The van der Waals surface area contributed by atoms with Crippen LogP contribution in [0.4, 0.5) is 0 Å². The van der Waals surface area contributed by atoms with Gasteiger partial charge in [0.1, 0.15) is 0 Å². The molecule has 2 rings (SSSR count). The van der Waals surface area contributed by atoms with Gasteiger partial charge in [-0.1, -0.05) is 6.08 Å². The number of amides is 1. The first-order valence-corrected chi connectivity index (χ1v) is 3.93. The highest BCUT2D eigenvalue weighted by Gasteiger charge is 2.30. The lowest BCUT2D eigenvalue weighted by Crippen LogP contribution is -2.20. The van der Waals surface area contributed by atoms with Gasteiger partial charge in [0.25, 0.3) is 0 Å². The van der Waals surface area contributed by atoms with E-state index in [1.807, 2.05) is 6.92 Å². The zero-order chi connectivity index (χ0) is 8.72. The normalized spacial score (nSPS) is 27.6. The van der Waals surface area contributed by atoms with E-state index in [0.717, 1.165) is 11.3 Å². The van der Waals surface area contributed by atoms with E-state index < -0.39 is 0 Å². The molecule has 0 bridgehead atoms. The topological polar surface area (TPSA) is 46.2 Å². The van der Waals surface area contributed by atoms with Crippen LogP contribution in [-0.4, -0.2) is 11.7 Å². The van der Waals surface area contributed by atoms with E-state index in [1.165, 1.54) is 6.08 Å². The van der Waals surface area contributed by atoms with Crippen LogP contribution >= 0.6 is 0 Å². The number of hydrogen-bond donors (Lipinski definition) is 1. The van der Waals surface area contributed by atoms with Crippen LogP contribution in [0.3, 0.4) is 0 Å². The Bertz CT molecular complexity index is 325. The third-order valence-electron chi connectivity index (χ3n) is 2.28. The Morgan fingerprint density at radius 2 is 2.17 bits per heavy atom. The predicted octanol–water partition coefficient (Wildman–Crippen LogP) is 0.535. The summed E-state index contributed by atoms with van der Waals surface area (Å²) < 4.78 is 0. The van der Waals surface area contributed by atoms with Crippen LogP contribution < -0.4 is 5.32 Å². The lowest BCUT2D eigenvalue weighted by Gasteiger charge is -2.06. The standard InChI is InChI=1S/C9H9NO2/c1-5-7-3-2-6(11)4-8(7)10-9(5)12/h2-3,5H,4H2,1H3,(H,10,12). The lowest BCUT2D eigenvalue weighted by molar-refractivity contribution is -0.121. The molecule has 3 nitrogen and oxygen atoms in total. The highest BCUT2D eigenvalue weighted by atomic mass is 16.2. The molecule has 1 atom stereocenters. The van der Waals surface area contributed by atoms with Gasteiger partial charge in [-0.25, -0.2) is 0 Å². The molecule has 1 amide bonds. The Labute approximate surface area is 70.1 Å². The van der Waals surface area contributed by atoms with Crippen molar-refractivity contribution in [1.82, 2.24) is 5.32 Å². The van der Waals surface area contributed by atoms with Crippen LogP contribution in [-0.2, 0) is 9.59 Å². The quantitative estimate of drug-likeness (QED) is 0.566. The SMILES string of the molecule is CC1C(=O)NC2=C1C=CC(=O)C2. The van der Waals surface area contributed by atoms with E-state index in [1.54, 1.807) is 6.08 Å². The highest BCUT2D eigenvalue weighted by Crippen LogP contribution is 2.27. The summed E-state index contributed by atoms with van der Waals surface area (Å²) in [5.74, 6) is -0.0353. The Hall–Kier alpha value is -1.38. The number of carbonyl (C=O) groups is 2. The molecule has 12 heavy (non-hydrogen) atoms. The third kappa shape index (κ3) is 0.897. The second-order valence-electron chi connectivity index (χ2n) is 3.12. The summed E-state index contributed by atoms with van der Waals surface area (Å²) in [5, 5.41) is 2.70. The average Bonchev–Trinajstić information content (AvgIpc) is 2.28. The van der Waals surface area contributed by atoms with Crippen molar-refractivity contribution in [3.05, 3.63) is 23.4 Å². The monoisotopic (exact) mass is 163 g/mol. The second-order valence-corrected chi connectivity index (χ2v) is 3.12. The van der Waals surface area contributed by atoms with Gasteiger partial charge in [-0.05, 0) is 18.6 Å². The minimum atomic E-state index is -0.0932. The molecule has 0 spiro atoms. The molecule has 0 saturated heterocycles. The minimum Gasteiger partial charge on any atom is -0.328 e. The predicted molar refractivity (Wildman–Crippen MR) is 43.1 cm³/mol. The summed E-state index contributed by atoms with van der Waals surface area (Å²) >= 11 is 0. The van der Waals surface area contributed by atoms with E-state index in [4.69, 9.17) is 0 Å². The van der Waals surface area contributed by atoms with Gasteiger partial charge in [0.2, 0.25) is 5.91 Å². The highest BCUT2D eigenvalue weighted by molar-refractivity contribution is 5.98. The first-order chi connectivity index (χ1) is 5.68. The van der Waals surface area contributed by atoms with E-state index in [9.17, 15) is 9.59 Å². The molecule has 2 aliphatic rings. The fraction of sp³-hybridized carbons (Fsp3) is 0.333. The van der Waals surface area contributed by atoms with Crippen LogP contribution in [0.1, 0.15) is 13.3 Å². The molecule has 62 valence electrons. The third-order valence-corrected chi connectivity index (χ3v) is 2.28. The van der Waals surface area contributed by atoms with Gasteiger partial charge in [-0.15, -0.1) is 0 Å². The molecule has 1 unspecified atom stereocenters. The van der Waals surface area contributed by atoms with Crippen molar-refractivity contribution in [3.63, 3.8) is 0 Å². The first kappa shape index (κ1) is 7.28. The van der Waals surface area contributed by atoms with Gasteiger partial charge in [-0.2, -0.15) is 0 Å². The molecule has 0 saturated carbocycles. The number of ketones is 1. The van der Waals surface area contributed by atoms with Crippen molar-refractivity contribution in [2.24, 2.45) is 5.92 Å². The van der Waals surface area contributed by atoms with Crippen molar-refractivity contribution >= 4 is 11.7 Å². The summed E-state index contributed by atoms with van der Waals surface area (Å²) in [5.41, 5.74) is 1.76. The molecule has 3 heteroatoms. The molecular formula is C9H9NO2. The molecule has 1 heterocycles. The van der Waals surface area contributed by atoms with E-state index in [2.05, 4.69) is 5.32 Å². The second kappa shape index (κ2) is 2.30. The zero-order valence-electron chi connectivity index (χ0n) is 6.76. The number of carbonyl (C=O) groups excluding carboxylic acids is 2. The smallest absolute Gasteiger partial charge is 0.231 e. The largest absolute Gasteiger partial charge is 0.328 e. The molecule has 0 aromatic heterocycles. The van der Waals surface area contributed by atoms with E-state index in [-0.39, 0.29) is 17.6 Å². The maximum Gasteiger partial charge on any atom is 0.231 e. The number of rotatable bonds is 0. The van der Waals surface area contributed by atoms with Crippen molar-refractivity contribution in [1.29, 1.82) is 0 Å². The van der Waals surface area contributed by atoms with Gasteiger partial charge in [-0.3, -0.25) is 9.59 Å². The van der Waals surface area contributed by atoms with Gasteiger partial charge < -0.3 is 5.32 Å². The minimum absolute atomic E-state index is 0.000602. The summed E-state index contributed by atoms with van der Waals surface area (Å²) in [7, 11) is 0. The Kier molecular flexibility index (Phi) is 1.40. The summed E-state index contributed by atoms with van der Waals surface area (Å²) in [6.07, 6.45) is 3.63. The molecule has 1 N–H and O–H groups in total. The molecule has 0 aromatic carbocycles. The van der Waals surface area contributed by atoms with Crippen LogP contribution in [0.25, 0.3) is 0 Å². The Morgan fingerprint density at radius 1 is 1.42 bits per heavy atom. The molecular weight excluding hydrogens is 154 g/mol. The zero-order valence-corrected chi connectivity index (χ0v) is 6.76. The first-order valence-electron chi connectivity index (χ1n) is 3.93. The maximum absolute atomic E-state index is 11.1. The van der Waals surface area contributed by atoms with Crippen LogP contribution in [0.2, 0.25) is 0 Å². The van der Waals surface area contributed by atoms with Crippen LogP contribution in [0, 0.1) is 5.92 Å². The number of hydrogen-bond acceptors (Lipinski definition) is 2. The average molecular weight is 163 g/mol. The van der Waals surface area contributed by atoms with Crippen LogP contribution in [0.15, 0.2) is 23.4 Å². The Morgan fingerprint density at radius 3 is 2.92 bits per heavy atom. The van der Waals surface area contributed by atoms with Crippen molar-refractivity contribution in [2.75, 3.05) is 0 Å². The molecule has 1 aliphatic heterocycles. The fourth-order valence-electron chi connectivity index (χ4n) is 1.54. The lowest BCUT2D eigenvalue weighted by atomic mass is 9.96.